The molecular weight excluding hydrogens is 517 g/mol. The minimum atomic E-state index is -0.842. The molecule has 1 aliphatic rings. The van der Waals surface area contributed by atoms with E-state index in [0.717, 1.165) is 4.47 Å². The minimum absolute atomic E-state index is 0.0570. The molecule has 0 spiro atoms. The second kappa shape index (κ2) is 8.98. The number of ether oxygens (including phenoxy) is 1. The topological polar surface area (TPSA) is 66.8 Å². The van der Waals surface area contributed by atoms with Gasteiger partial charge in [-0.3, -0.25) is 14.5 Å². The number of methoxy groups -OCH3 is 1. The van der Waals surface area contributed by atoms with E-state index in [1.165, 1.54) is 24.1 Å². The molecule has 5 nitrogen and oxygen atoms in total. The molecule has 1 unspecified atom stereocenters. The second-order valence-electron chi connectivity index (χ2n) is 7.03. The summed E-state index contributed by atoms with van der Waals surface area (Å²) in [5.41, 5.74) is 1.33. The number of ketones is 1. The number of aliphatic hydroxyl groups is 1. The minimum Gasteiger partial charge on any atom is -0.507 e. The lowest BCUT2D eigenvalue weighted by Gasteiger charge is -2.25. The Kier molecular flexibility index (Phi) is 6.29. The van der Waals surface area contributed by atoms with E-state index in [1.54, 1.807) is 42.5 Å². The molecule has 3 aromatic carbocycles. The SMILES string of the molecule is COc1c(Cl)cc(/C(O)=C2\C(=O)C(=O)N(c3cccc(Br)c3)C2c2ccccc2)cc1Cl. The number of nitrogens with zero attached hydrogens (tertiary/aromatic N) is 1. The number of aliphatic hydroxyl groups excluding tert-OH is 1. The van der Waals surface area contributed by atoms with Crippen LogP contribution in [0.25, 0.3) is 5.76 Å². The molecule has 1 heterocycles. The van der Waals surface area contributed by atoms with Crippen molar-refractivity contribution in [1.29, 1.82) is 0 Å². The summed E-state index contributed by atoms with van der Waals surface area (Å²) in [6.07, 6.45) is 0. The van der Waals surface area contributed by atoms with Gasteiger partial charge in [0.15, 0.2) is 5.75 Å². The first-order chi connectivity index (χ1) is 15.3. The van der Waals surface area contributed by atoms with Gasteiger partial charge in [-0.15, -0.1) is 0 Å². The smallest absolute Gasteiger partial charge is 0.300 e. The molecule has 0 radical (unpaired) electrons. The van der Waals surface area contributed by atoms with Crippen molar-refractivity contribution < 1.29 is 19.4 Å². The van der Waals surface area contributed by atoms with Gasteiger partial charge in [-0.05, 0) is 35.9 Å². The van der Waals surface area contributed by atoms with Gasteiger partial charge < -0.3 is 9.84 Å². The molecule has 1 N–H and O–H groups in total. The van der Waals surface area contributed by atoms with Crippen LogP contribution < -0.4 is 9.64 Å². The van der Waals surface area contributed by atoms with E-state index in [2.05, 4.69) is 15.9 Å². The van der Waals surface area contributed by atoms with Crippen molar-refractivity contribution in [3.63, 3.8) is 0 Å². The summed E-state index contributed by atoms with van der Waals surface area (Å²) < 4.78 is 5.90. The Bertz CT molecular complexity index is 1240. The number of anilines is 1. The van der Waals surface area contributed by atoms with Crippen LogP contribution in [0.5, 0.6) is 5.75 Å². The van der Waals surface area contributed by atoms with Gasteiger partial charge in [0.25, 0.3) is 11.7 Å². The van der Waals surface area contributed by atoms with E-state index < -0.39 is 17.7 Å². The molecule has 1 aliphatic heterocycles. The first-order valence-corrected chi connectivity index (χ1v) is 11.0. The van der Waals surface area contributed by atoms with Crippen molar-refractivity contribution in [2.75, 3.05) is 12.0 Å². The highest BCUT2D eigenvalue weighted by Crippen LogP contribution is 2.44. The highest BCUT2D eigenvalue weighted by molar-refractivity contribution is 9.10. The summed E-state index contributed by atoms with van der Waals surface area (Å²) in [5.74, 6) is -1.68. The first kappa shape index (κ1) is 22.4. The molecule has 0 bridgehead atoms. The fourth-order valence-electron chi connectivity index (χ4n) is 3.72. The molecule has 3 aromatic rings. The Morgan fingerprint density at radius 2 is 1.66 bits per heavy atom. The Balaban J connectivity index is 1.96. The van der Waals surface area contributed by atoms with Crippen molar-refractivity contribution in [3.8, 4) is 5.75 Å². The quantitative estimate of drug-likeness (QED) is 0.240. The van der Waals surface area contributed by atoms with Crippen LogP contribution in [0.4, 0.5) is 5.69 Å². The number of Topliss-reactive ketones (excluding diaryl/α,β-unsaturated/α-hetero) is 1. The van der Waals surface area contributed by atoms with Gasteiger partial charge in [0.1, 0.15) is 5.76 Å². The Hall–Kier alpha value is -2.80. The lowest BCUT2D eigenvalue weighted by Crippen LogP contribution is -2.29. The first-order valence-electron chi connectivity index (χ1n) is 9.48. The standard InChI is InChI=1S/C24H16BrCl2NO4/c1-32-23-17(26)10-14(11-18(23)27)21(29)19-20(13-6-3-2-4-7-13)28(24(31)22(19)30)16-9-5-8-15(25)12-16/h2-12,20,29H,1H3/b21-19+. The average molecular weight is 533 g/mol. The number of amides is 1. The van der Waals surface area contributed by atoms with Crippen LogP contribution in [-0.4, -0.2) is 23.9 Å². The molecule has 0 aromatic heterocycles. The zero-order valence-corrected chi connectivity index (χ0v) is 19.8. The predicted molar refractivity (Wildman–Crippen MR) is 128 cm³/mol. The maximum absolute atomic E-state index is 13.2. The Morgan fingerprint density at radius 3 is 2.25 bits per heavy atom. The van der Waals surface area contributed by atoms with Crippen LogP contribution in [0.3, 0.4) is 0 Å². The number of hydrogen-bond acceptors (Lipinski definition) is 4. The van der Waals surface area contributed by atoms with Gasteiger partial charge in [-0.2, -0.15) is 0 Å². The number of carbonyl (C=O) groups is 2. The van der Waals surface area contributed by atoms with Gasteiger partial charge in [0, 0.05) is 15.7 Å². The molecule has 8 heteroatoms. The summed E-state index contributed by atoms with van der Waals surface area (Å²) in [6.45, 7) is 0. The summed E-state index contributed by atoms with van der Waals surface area (Å²) >= 11 is 15.9. The molecule has 1 fully saturated rings. The predicted octanol–water partition coefficient (Wildman–Crippen LogP) is 6.39. The average Bonchev–Trinajstić information content (AvgIpc) is 3.04. The van der Waals surface area contributed by atoms with E-state index in [-0.39, 0.29) is 32.7 Å². The molecular formula is C24H16BrCl2NO4. The van der Waals surface area contributed by atoms with E-state index in [4.69, 9.17) is 27.9 Å². The van der Waals surface area contributed by atoms with Crippen LogP contribution in [0.1, 0.15) is 17.2 Å². The Labute approximate surface area is 203 Å². The van der Waals surface area contributed by atoms with Crippen LogP contribution in [-0.2, 0) is 9.59 Å². The normalized spacial score (nSPS) is 17.6. The molecule has 162 valence electrons. The maximum atomic E-state index is 13.2. The third-order valence-electron chi connectivity index (χ3n) is 5.12. The summed E-state index contributed by atoms with van der Waals surface area (Å²) in [5, 5.41) is 11.5. The van der Waals surface area contributed by atoms with Crippen LogP contribution >= 0.6 is 39.1 Å². The number of benzene rings is 3. The lowest BCUT2D eigenvalue weighted by atomic mass is 9.95. The van der Waals surface area contributed by atoms with E-state index in [0.29, 0.717) is 11.3 Å². The number of rotatable bonds is 4. The van der Waals surface area contributed by atoms with Gasteiger partial charge in [-0.1, -0.05) is 75.5 Å². The van der Waals surface area contributed by atoms with E-state index in [9.17, 15) is 14.7 Å². The van der Waals surface area contributed by atoms with Crippen molar-refractivity contribution in [3.05, 3.63) is 97.9 Å². The van der Waals surface area contributed by atoms with Crippen molar-refractivity contribution in [2.45, 2.75) is 6.04 Å². The third-order valence-corrected chi connectivity index (χ3v) is 6.18. The summed E-state index contributed by atoms with van der Waals surface area (Å²) in [7, 11) is 1.42. The van der Waals surface area contributed by atoms with Crippen molar-refractivity contribution in [2.24, 2.45) is 0 Å². The number of carbonyl (C=O) groups excluding carboxylic acids is 2. The second-order valence-corrected chi connectivity index (χ2v) is 8.76. The Morgan fingerprint density at radius 1 is 1.00 bits per heavy atom. The molecule has 1 atom stereocenters. The van der Waals surface area contributed by atoms with Crippen molar-refractivity contribution >= 4 is 62.3 Å². The molecule has 0 saturated carbocycles. The largest absolute Gasteiger partial charge is 0.507 e. The van der Waals surface area contributed by atoms with Gasteiger partial charge >= 0.3 is 0 Å². The fourth-order valence-corrected chi connectivity index (χ4v) is 4.75. The maximum Gasteiger partial charge on any atom is 0.300 e. The number of halogens is 3. The summed E-state index contributed by atoms with van der Waals surface area (Å²) in [6, 6.07) is 18.1. The zero-order valence-electron chi connectivity index (χ0n) is 16.7. The van der Waals surface area contributed by atoms with Gasteiger partial charge in [-0.25, -0.2) is 0 Å². The van der Waals surface area contributed by atoms with E-state index >= 15 is 0 Å². The molecule has 32 heavy (non-hydrogen) atoms. The fraction of sp³-hybridized carbons (Fsp3) is 0.0833. The van der Waals surface area contributed by atoms with Gasteiger partial charge in [0.05, 0.1) is 28.8 Å². The van der Waals surface area contributed by atoms with Crippen LogP contribution in [0.15, 0.2) is 76.8 Å². The molecule has 4 rings (SSSR count). The van der Waals surface area contributed by atoms with Crippen molar-refractivity contribution in [1.82, 2.24) is 0 Å². The lowest BCUT2D eigenvalue weighted by molar-refractivity contribution is -0.132. The van der Waals surface area contributed by atoms with Crippen LogP contribution in [0.2, 0.25) is 10.0 Å². The highest BCUT2D eigenvalue weighted by Gasteiger charge is 2.47. The van der Waals surface area contributed by atoms with Crippen LogP contribution in [0, 0.1) is 0 Å². The number of hydrogen-bond donors (Lipinski definition) is 1. The third kappa shape index (κ3) is 3.90. The molecule has 1 amide bonds. The zero-order chi connectivity index (χ0) is 23.0. The monoisotopic (exact) mass is 531 g/mol. The molecule has 1 saturated heterocycles. The summed E-state index contributed by atoms with van der Waals surface area (Å²) in [4.78, 5) is 27.7. The molecule has 0 aliphatic carbocycles. The highest BCUT2D eigenvalue weighted by atomic mass is 79.9. The van der Waals surface area contributed by atoms with Gasteiger partial charge in [0.2, 0.25) is 0 Å². The van der Waals surface area contributed by atoms with E-state index in [1.807, 2.05) is 12.1 Å².